The summed E-state index contributed by atoms with van der Waals surface area (Å²) in [6, 6.07) is 5.47. The molecular weight excluding hydrogens is 204 g/mol. The van der Waals surface area contributed by atoms with E-state index in [-0.39, 0.29) is 10.6 Å². The van der Waals surface area contributed by atoms with Crippen LogP contribution in [0.2, 0.25) is 0 Å². The van der Waals surface area contributed by atoms with Crippen LogP contribution in [0.15, 0.2) is 18.2 Å². The minimum Gasteiger partial charge on any atom is -0.382 e. The van der Waals surface area contributed by atoms with Crippen molar-refractivity contribution in [1.29, 1.82) is 0 Å². The van der Waals surface area contributed by atoms with Crippen LogP contribution in [0.25, 0.3) is 0 Å². The van der Waals surface area contributed by atoms with Crippen molar-refractivity contribution in [3.05, 3.63) is 33.9 Å². The Hall–Kier alpha value is -1.58. The van der Waals surface area contributed by atoms with Gasteiger partial charge in [-0.1, -0.05) is 19.4 Å². The van der Waals surface area contributed by atoms with Crippen molar-refractivity contribution in [2.45, 2.75) is 32.7 Å². The summed E-state index contributed by atoms with van der Waals surface area (Å²) in [5.74, 6) is 0.735. The molecule has 0 aliphatic heterocycles. The van der Waals surface area contributed by atoms with Crippen LogP contribution in [-0.4, -0.2) is 11.0 Å². The van der Waals surface area contributed by atoms with E-state index in [0.717, 1.165) is 17.2 Å². The number of nitrogens with zero attached hydrogens (tertiary/aromatic N) is 1. The number of hydrogen-bond donors (Lipinski definition) is 1. The van der Waals surface area contributed by atoms with Gasteiger partial charge in [0.25, 0.3) is 5.69 Å². The van der Waals surface area contributed by atoms with Crippen molar-refractivity contribution in [3.8, 4) is 0 Å². The first kappa shape index (κ1) is 10.9. The van der Waals surface area contributed by atoms with Crippen molar-refractivity contribution in [2.24, 2.45) is 5.92 Å². The molecule has 2 unspecified atom stereocenters. The Morgan fingerprint density at radius 2 is 2.31 bits per heavy atom. The van der Waals surface area contributed by atoms with Crippen molar-refractivity contribution in [2.75, 3.05) is 5.32 Å². The van der Waals surface area contributed by atoms with Crippen LogP contribution in [0.1, 0.15) is 25.3 Å². The molecule has 1 aromatic carbocycles. The molecule has 1 aromatic rings. The van der Waals surface area contributed by atoms with Gasteiger partial charge in [-0.05, 0) is 24.8 Å². The van der Waals surface area contributed by atoms with Gasteiger partial charge < -0.3 is 5.32 Å². The molecule has 1 aliphatic carbocycles. The third kappa shape index (κ3) is 2.15. The molecule has 0 aromatic heterocycles. The lowest BCUT2D eigenvalue weighted by atomic mass is 10.2. The third-order valence-corrected chi connectivity index (χ3v) is 3.22. The summed E-state index contributed by atoms with van der Waals surface area (Å²) in [7, 11) is 0. The maximum absolute atomic E-state index is 10.7. The lowest BCUT2D eigenvalue weighted by molar-refractivity contribution is -0.384. The molecule has 0 spiro atoms. The Morgan fingerprint density at radius 1 is 1.56 bits per heavy atom. The number of nitro benzene ring substituents is 1. The summed E-state index contributed by atoms with van der Waals surface area (Å²) in [5, 5.41) is 14.0. The molecule has 1 saturated carbocycles. The average Bonchev–Trinajstić information content (AvgIpc) is 2.99. The molecule has 4 heteroatoms. The zero-order valence-corrected chi connectivity index (χ0v) is 9.56. The monoisotopic (exact) mass is 220 g/mol. The SMILES string of the molecule is CCC1CC1Nc1cc([N+](=O)[O-])ccc1C. The van der Waals surface area contributed by atoms with Crippen molar-refractivity contribution in [1.82, 2.24) is 0 Å². The second-order valence-electron chi connectivity index (χ2n) is 4.41. The van der Waals surface area contributed by atoms with Gasteiger partial charge in [0, 0.05) is 23.9 Å². The maximum atomic E-state index is 10.7. The molecule has 16 heavy (non-hydrogen) atoms. The predicted molar refractivity (Wildman–Crippen MR) is 63.6 cm³/mol. The highest BCUT2D eigenvalue weighted by atomic mass is 16.6. The van der Waals surface area contributed by atoms with Crippen molar-refractivity contribution >= 4 is 11.4 Å². The van der Waals surface area contributed by atoms with E-state index in [9.17, 15) is 10.1 Å². The number of non-ortho nitro benzene ring substituents is 1. The van der Waals surface area contributed by atoms with E-state index in [2.05, 4.69) is 12.2 Å². The number of aryl methyl sites for hydroxylation is 1. The van der Waals surface area contributed by atoms with E-state index in [1.807, 2.05) is 6.92 Å². The van der Waals surface area contributed by atoms with Crippen molar-refractivity contribution in [3.63, 3.8) is 0 Å². The molecule has 4 nitrogen and oxygen atoms in total. The Bertz CT molecular complexity index is 417. The molecule has 0 saturated heterocycles. The second-order valence-corrected chi connectivity index (χ2v) is 4.41. The molecule has 0 bridgehead atoms. The summed E-state index contributed by atoms with van der Waals surface area (Å²) in [6.45, 7) is 4.14. The van der Waals surface area contributed by atoms with Gasteiger partial charge in [-0.25, -0.2) is 0 Å². The van der Waals surface area contributed by atoms with Gasteiger partial charge in [0.1, 0.15) is 0 Å². The van der Waals surface area contributed by atoms with Crippen molar-refractivity contribution < 1.29 is 4.92 Å². The fourth-order valence-electron chi connectivity index (χ4n) is 1.95. The van der Waals surface area contributed by atoms with Gasteiger partial charge in [-0.2, -0.15) is 0 Å². The van der Waals surface area contributed by atoms with E-state index < -0.39 is 0 Å². The lowest BCUT2D eigenvalue weighted by Gasteiger charge is -2.08. The van der Waals surface area contributed by atoms with Crippen LogP contribution in [0.3, 0.4) is 0 Å². The van der Waals surface area contributed by atoms with Gasteiger partial charge in [0.2, 0.25) is 0 Å². The zero-order chi connectivity index (χ0) is 11.7. The van der Waals surface area contributed by atoms with Gasteiger partial charge in [0.05, 0.1) is 4.92 Å². The fourth-order valence-corrected chi connectivity index (χ4v) is 1.95. The normalized spacial score (nSPS) is 22.9. The maximum Gasteiger partial charge on any atom is 0.271 e. The minimum atomic E-state index is -0.352. The van der Waals surface area contributed by atoms with E-state index in [4.69, 9.17) is 0 Å². The largest absolute Gasteiger partial charge is 0.382 e. The van der Waals surface area contributed by atoms with Crippen LogP contribution < -0.4 is 5.32 Å². The smallest absolute Gasteiger partial charge is 0.271 e. The Labute approximate surface area is 94.8 Å². The average molecular weight is 220 g/mol. The highest BCUT2D eigenvalue weighted by molar-refractivity contribution is 5.58. The van der Waals surface area contributed by atoms with E-state index in [1.165, 1.54) is 12.8 Å². The summed E-state index contributed by atoms with van der Waals surface area (Å²) >= 11 is 0. The second kappa shape index (κ2) is 4.12. The molecule has 1 aliphatic rings. The first-order valence-corrected chi connectivity index (χ1v) is 5.63. The van der Waals surface area contributed by atoms with Gasteiger partial charge in [-0.15, -0.1) is 0 Å². The molecule has 0 heterocycles. The first-order chi connectivity index (χ1) is 7.61. The molecule has 1 N–H and O–H groups in total. The van der Waals surface area contributed by atoms with Crippen LogP contribution >= 0.6 is 0 Å². The summed E-state index contributed by atoms with van der Waals surface area (Å²) in [4.78, 5) is 10.3. The summed E-state index contributed by atoms with van der Waals surface area (Å²) in [6.07, 6.45) is 2.35. The number of nitrogens with one attached hydrogen (secondary N) is 1. The Kier molecular flexibility index (Phi) is 2.81. The highest BCUT2D eigenvalue weighted by Crippen LogP contribution is 2.37. The first-order valence-electron chi connectivity index (χ1n) is 5.63. The topological polar surface area (TPSA) is 55.2 Å². The molecule has 0 radical (unpaired) electrons. The van der Waals surface area contributed by atoms with Crippen LogP contribution in [0, 0.1) is 23.0 Å². The van der Waals surface area contributed by atoms with E-state index >= 15 is 0 Å². The number of hydrogen-bond acceptors (Lipinski definition) is 3. The van der Waals surface area contributed by atoms with E-state index in [1.54, 1.807) is 18.2 Å². The third-order valence-electron chi connectivity index (χ3n) is 3.22. The molecule has 2 atom stereocenters. The summed E-state index contributed by atoms with van der Waals surface area (Å²) < 4.78 is 0. The van der Waals surface area contributed by atoms with Gasteiger partial charge >= 0.3 is 0 Å². The van der Waals surface area contributed by atoms with Gasteiger partial charge in [-0.3, -0.25) is 10.1 Å². The molecule has 2 rings (SSSR count). The number of benzene rings is 1. The fraction of sp³-hybridized carbons (Fsp3) is 0.500. The molecular formula is C12H16N2O2. The predicted octanol–water partition coefficient (Wildman–Crippen LogP) is 3.11. The Balaban J connectivity index is 2.13. The van der Waals surface area contributed by atoms with Gasteiger partial charge in [0.15, 0.2) is 0 Å². The quantitative estimate of drug-likeness (QED) is 0.626. The molecule has 1 fully saturated rings. The minimum absolute atomic E-state index is 0.154. The zero-order valence-electron chi connectivity index (χ0n) is 9.56. The highest BCUT2D eigenvalue weighted by Gasteiger charge is 2.35. The number of anilines is 1. The Morgan fingerprint density at radius 3 is 2.88 bits per heavy atom. The standard InChI is InChI=1S/C12H16N2O2/c1-3-9-6-12(9)13-11-7-10(14(15)16)5-4-8(11)2/h4-5,7,9,12-13H,3,6H2,1-2H3. The number of rotatable bonds is 4. The van der Waals surface area contributed by atoms with Crippen LogP contribution in [0.4, 0.5) is 11.4 Å². The summed E-state index contributed by atoms with van der Waals surface area (Å²) in [5.41, 5.74) is 2.12. The van der Waals surface area contributed by atoms with E-state index in [0.29, 0.717) is 6.04 Å². The number of nitro groups is 1. The lowest BCUT2D eigenvalue weighted by Crippen LogP contribution is -2.06. The molecule has 86 valence electrons. The molecule has 0 amide bonds. The van der Waals surface area contributed by atoms with Crippen LogP contribution in [-0.2, 0) is 0 Å². The van der Waals surface area contributed by atoms with Crippen LogP contribution in [0.5, 0.6) is 0 Å².